The van der Waals surface area contributed by atoms with Gasteiger partial charge in [-0.2, -0.15) is 0 Å². The van der Waals surface area contributed by atoms with E-state index in [9.17, 15) is 0 Å². The normalized spacial score (nSPS) is 12.2. The van der Waals surface area contributed by atoms with Crippen LogP contribution in [0, 0.1) is 0 Å². The van der Waals surface area contributed by atoms with Gasteiger partial charge in [0, 0.05) is 0 Å². The van der Waals surface area contributed by atoms with Crippen molar-refractivity contribution in [3.8, 4) is 0 Å². The SMILES string of the molecule is BOC(CCc1ccccc1)c1ccccc1. The maximum absolute atomic E-state index is 5.56. The lowest BCUT2D eigenvalue weighted by Gasteiger charge is -2.16. The van der Waals surface area contributed by atoms with Crippen molar-refractivity contribution in [3.63, 3.8) is 0 Å². The molecular weight excluding hydrogens is 207 g/mol. The van der Waals surface area contributed by atoms with Crippen molar-refractivity contribution in [1.82, 2.24) is 0 Å². The van der Waals surface area contributed by atoms with Crippen LogP contribution in [0.1, 0.15) is 23.7 Å². The van der Waals surface area contributed by atoms with Gasteiger partial charge in [-0.05, 0) is 24.0 Å². The Morgan fingerprint density at radius 3 is 2.06 bits per heavy atom. The molecule has 0 spiro atoms. The van der Waals surface area contributed by atoms with Gasteiger partial charge in [0.15, 0.2) is 0 Å². The third-order valence-electron chi connectivity index (χ3n) is 2.99. The van der Waals surface area contributed by atoms with E-state index in [0.717, 1.165) is 12.8 Å². The van der Waals surface area contributed by atoms with Gasteiger partial charge in [0.25, 0.3) is 8.05 Å². The fourth-order valence-corrected chi connectivity index (χ4v) is 2.03. The van der Waals surface area contributed by atoms with Crippen molar-refractivity contribution >= 4 is 8.05 Å². The zero-order chi connectivity index (χ0) is 11.9. The predicted octanol–water partition coefficient (Wildman–Crippen LogP) is 2.93. The van der Waals surface area contributed by atoms with Gasteiger partial charge in [0.1, 0.15) is 0 Å². The Bertz CT molecular complexity index is 427. The first kappa shape index (κ1) is 11.9. The number of rotatable bonds is 5. The summed E-state index contributed by atoms with van der Waals surface area (Å²) >= 11 is 0. The van der Waals surface area contributed by atoms with E-state index in [1.165, 1.54) is 11.1 Å². The van der Waals surface area contributed by atoms with E-state index >= 15 is 0 Å². The Hall–Kier alpha value is -1.54. The van der Waals surface area contributed by atoms with Gasteiger partial charge in [-0.25, -0.2) is 0 Å². The smallest absolute Gasteiger partial charge is 0.258 e. The van der Waals surface area contributed by atoms with Crippen molar-refractivity contribution in [3.05, 3.63) is 71.8 Å². The summed E-state index contributed by atoms with van der Waals surface area (Å²) < 4.78 is 5.56. The van der Waals surface area contributed by atoms with Crippen molar-refractivity contribution < 1.29 is 4.65 Å². The van der Waals surface area contributed by atoms with Gasteiger partial charge in [-0.15, -0.1) is 0 Å². The molecule has 0 saturated heterocycles. The first-order chi connectivity index (χ1) is 8.40. The van der Waals surface area contributed by atoms with Crippen LogP contribution in [0.5, 0.6) is 0 Å². The monoisotopic (exact) mass is 224 g/mol. The van der Waals surface area contributed by atoms with E-state index in [-0.39, 0.29) is 6.10 Å². The molecule has 2 rings (SSSR count). The lowest BCUT2D eigenvalue weighted by atomic mass is 10.0. The van der Waals surface area contributed by atoms with E-state index in [4.69, 9.17) is 4.65 Å². The molecule has 1 atom stereocenters. The Kier molecular flexibility index (Phi) is 4.40. The molecule has 0 bridgehead atoms. The largest absolute Gasteiger partial charge is 0.437 e. The van der Waals surface area contributed by atoms with Gasteiger partial charge >= 0.3 is 0 Å². The molecule has 1 nitrogen and oxygen atoms in total. The highest BCUT2D eigenvalue weighted by Gasteiger charge is 2.08. The van der Waals surface area contributed by atoms with Crippen LogP contribution >= 0.6 is 0 Å². The summed E-state index contributed by atoms with van der Waals surface area (Å²) in [5.41, 5.74) is 2.62. The topological polar surface area (TPSA) is 9.23 Å². The van der Waals surface area contributed by atoms with Crippen LogP contribution in [0.3, 0.4) is 0 Å². The molecule has 1 unspecified atom stereocenters. The molecule has 2 aromatic rings. The molecule has 0 N–H and O–H groups in total. The second-order valence-corrected chi connectivity index (χ2v) is 4.16. The maximum Gasteiger partial charge on any atom is 0.258 e. The summed E-state index contributed by atoms with van der Waals surface area (Å²) in [6, 6.07) is 20.9. The summed E-state index contributed by atoms with van der Waals surface area (Å²) in [5.74, 6) is 0. The second-order valence-electron chi connectivity index (χ2n) is 4.16. The maximum atomic E-state index is 5.56. The molecule has 2 aromatic carbocycles. The third kappa shape index (κ3) is 3.47. The molecule has 0 aliphatic carbocycles. The summed E-state index contributed by atoms with van der Waals surface area (Å²) in [6.45, 7) is 0. The van der Waals surface area contributed by atoms with E-state index in [1.807, 2.05) is 6.07 Å². The van der Waals surface area contributed by atoms with Crippen LogP contribution in [-0.4, -0.2) is 8.05 Å². The Labute approximate surface area is 104 Å². The van der Waals surface area contributed by atoms with Crippen LogP contribution < -0.4 is 0 Å². The number of aryl methyl sites for hydroxylation is 1. The molecule has 0 fully saturated rings. The summed E-state index contributed by atoms with van der Waals surface area (Å²) in [7, 11) is 1.78. The van der Waals surface area contributed by atoms with Gasteiger partial charge < -0.3 is 4.65 Å². The fourth-order valence-electron chi connectivity index (χ4n) is 2.03. The van der Waals surface area contributed by atoms with Crippen molar-refractivity contribution in [1.29, 1.82) is 0 Å². The summed E-state index contributed by atoms with van der Waals surface area (Å²) in [5, 5.41) is 0. The van der Waals surface area contributed by atoms with Gasteiger partial charge in [-0.3, -0.25) is 0 Å². The molecule has 0 aliphatic rings. The average molecular weight is 224 g/mol. The molecule has 0 radical (unpaired) electrons. The van der Waals surface area contributed by atoms with Crippen molar-refractivity contribution in [2.45, 2.75) is 18.9 Å². The lowest BCUT2D eigenvalue weighted by Crippen LogP contribution is -2.03. The van der Waals surface area contributed by atoms with Crippen LogP contribution in [0.25, 0.3) is 0 Å². The van der Waals surface area contributed by atoms with E-state index < -0.39 is 0 Å². The number of benzene rings is 2. The molecule has 0 saturated carbocycles. The first-order valence-electron chi connectivity index (χ1n) is 6.02. The minimum atomic E-state index is 0.191. The van der Waals surface area contributed by atoms with Crippen LogP contribution in [0.15, 0.2) is 60.7 Å². The Morgan fingerprint density at radius 2 is 1.47 bits per heavy atom. The summed E-state index contributed by atoms with van der Waals surface area (Å²) in [6.07, 6.45) is 2.26. The highest BCUT2D eigenvalue weighted by atomic mass is 16.4. The summed E-state index contributed by atoms with van der Waals surface area (Å²) in [4.78, 5) is 0. The number of hydrogen-bond donors (Lipinski definition) is 0. The van der Waals surface area contributed by atoms with Crippen LogP contribution in [-0.2, 0) is 11.1 Å². The molecule has 17 heavy (non-hydrogen) atoms. The predicted molar refractivity (Wildman–Crippen MR) is 73.6 cm³/mol. The highest BCUT2D eigenvalue weighted by Crippen LogP contribution is 2.21. The minimum absolute atomic E-state index is 0.191. The van der Waals surface area contributed by atoms with Crippen LogP contribution in [0.2, 0.25) is 0 Å². The quantitative estimate of drug-likeness (QED) is 0.709. The first-order valence-corrected chi connectivity index (χ1v) is 6.02. The van der Waals surface area contributed by atoms with Gasteiger partial charge in [0.2, 0.25) is 0 Å². The van der Waals surface area contributed by atoms with Crippen molar-refractivity contribution in [2.75, 3.05) is 0 Å². The Balaban J connectivity index is 1.97. The molecule has 86 valence electrons. The average Bonchev–Trinajstić information content (AvgIpc) is 2.42. The highest BCUT2D eigenvalue weighted by molar-refractivity contribution is 5.98. The fraction of sp³-hybridized carbons (Fsp3) is 0.200. The van der Waals surface area contributed by atoms with Crippen LogP contribution in [0.4, 0.5) is 0 Å². The lowest BCUT2D eigenvalue weighted by molar-refractivity contribution is 0.215. The Morgan fingerprint density at radius 1 is 0.882 bits per heavy atom. The minimum Gasteiger partial charge on any atom is -0.437 e. The number of hydrogen-bond acceptors (Lipinski definition) is 1. The molecule has 0 aliphatic heterocycles. The molecular formula is C15H17BO. The molecule has 0 heterocycles. The second kappa shape index (κ2) is 6.26. The van der Waals surface area contributed by atoms with E-state index in [2.05, 4.69) is 54.6 Å². The standard InChI is InChI=1S/C15H17BO/c16-17-15(14-9-5-2-6-10-14)12-11-13-7-3-1-4-8-13/h1-10,15H,11-12,16H2. The van der Waals surface area contributed by atoms with E-state index in [1.54, 1.807) is 8.05 Å². The van der Waals surface area contributed by atoms with Gasteiger partial charge in [0.05, 0.1) is 6.10 Å². The van der Waals surface area contributed by atoms with Crippen molar-refractivity contribution in [2.24, 2.45) is 0 Å². The molecule has 2 heteroatoms. The van der Waals surface area contributed by atoms with E-state index in [0.29, 0.717) is 0 Å². The van der Waals surface area contributed by atoms with Gasteiger partial charge in [-0.1, -0.05) is 60.7 Å². The zero-order valence-corrected chi connectivity index (χ0v) is 10.2. The zero-order valence-electron chi connectivity index (χ0n) is 10.2. The third-order valence-corrected chi connectivity index (χ3v) is 2.99. The molecule has 0 aromatic heterocycles. The molecule has 0 amide bonds.